The summed E-state index contributed by atoms with van der Waals surface area (Å²) in [5.74, 6) is 1.34. The van der Waals surface area contributed by atoms with E-state index in [1.165, 1.54) is 0 Å². The SMILES string of the molecule is CN1C(=O)CCSc2cc(NC=O)ncc21. The topological polar surface area (TPSA) is 62.3 Å². The van der Waals surface area contributed by atoms with Crippen LogP contribution in [0.3, 0.4) is 0 Å². The lowest BCUT2D eigenvalue weighted by molar-refractivity contribution is -0.117. The Balaban J connectivity index is 2.39. The van der Waals surface area contributed by atoms with Gasteiger partial charge >= 0.3 is 0 Å². The highest BCUT2D eigenvalue weighted by molar-refractivity contribution is 7.99. The maximum absolute atomic E-state index is 11.6. The van der Waals surface area contributed by atoms with Crippen molar-refractivity contribution in [1.29, 1.82) is 0 Å². The molecular weight excluding hydrogens is 226 g/mol. The second-order valence-corrected chi connectivity index (χ2v) is 4.49. The van der Waals surface area contributed by atoms with Crippen LogP contribution in [0.15, 0.2) is 17.2 Å². The molecule has 6 heteroatoms. The predicted octanol–water partition coefficient (Wildman–Crippen LogP) is 1.11. The first-order chi connectivity index (χ1) is 7.72. The fourth-order valence-corrected chi connectivity index (χ4v) is 2.52. The Morgan fingerprint density at radius 2 is 2.44 bits per heavy atom. The summed E-state index contributed by atoms with van der Waals surface area (Å²) >= 11 is 1.60. The summed E-state index contributed by atoms with van der Waals surface area (Å²) < 4.78 is 0. The van der Waals surface area contributed by atoms with Gasteiger partial charge in [-0.2, -0.15) is 0 Å². The third-order valence-electron chi connectivity index (χ3n) is 2.36. The van der Waals surface area contributed by atoms with Gasteiger partial charge in [-0.25, -0.2) is 4.98 Å². The Labute approximate surface area is 97.2 Å². The van der Waals surface area contributed by atoms with Gasteiger partial charge in [0.15, 0.2) is 0 Å². The second kappa shape index (κ2) is 4.52. The van der Waals surface area contributed by atoms with E-state index in [1.807, 2.05) is 0 Å². The number of hydrogen-bond donors (Lipinski definition) is 1. The van der Waals surface area contributed by atoms with Crippen LogP contribution in [0, 0.1) is 0 Å². The van der Waals surface area contributed by atoms with Gasteiger partial charge in [0, 0.05) is 24.1 Å². The molecule has 0 bridgehead atoms. The number of anilines is 2. The molecule has 0 aromatic carbocycles. The van der Waals surface area contributed by atoms with Crippen molar-refractivity contribution in [1.82, 2.24) is 4.98 Å². The van der Waals surface area contributed by atoms with Crippen LogP contribution in [0.1, 0.15) is 6.42 Å². The molecule has 2 amide bonds. The number of rotatable bonds is 2. The lowest BCUT2D eigenvalue weighted by atomic mass is 10.3. The molecular formula is C10H11N3O2S. The van der Waals surface area contributed by atoms with E-state index in [2.05, 4.69) is 10.3 Å². The van der Waals surface area contributed by atoms with Gasteiger partial charge in [0.05, 0.1) is 11.9 Å². The summed E-state index contributed by atoms with van der Waals surface area (Å²) in [4.78, 5) is 28.5. The van der Waals surface area contributed by atoms with Gasteiger partial charge in [-0.3, -0.25) is 9.59 Å². The van der Waals surface area contributed by atoms with Crippen LogP contribution in [-0.2, 0) is 9.59 Å². The zero-order chi connectivity index (χ0) is 11.5. The number of carbonyl (C=O) groups is 2. The molecule has 5 nitrogen and oxygen atoms in total. The fourth-order valence-electron chi connectivity index (χ4n) is 1.49. The minimum atomic E-state index is 0.0872. The zero-order valence-electron chi connectivity index (χ0n) is 8.77. The number of thioether (sulfide) groups is 1. The van der Waals surface area contributed by atoms with Crippen LogP contribution in [-0.4, -0.2) is 30.1 Å². The van der Waals surface area contributed by atoms with Crippen molar-refractivity contribution in [3.8, 4) is 0 Å². The molecule has 1 aromatic rings. The van der Waals surface area contributed by atoms with Crippen molar-refractivity contribution >= 4 is 35.6 Å². The number of nitrogens with zero attached hydrogens (tertiary/aromatic N) is 2. The summed E-state index contributed by atoms with van der Waals surface area (Å²) in [6.45, 7) is 0. The molecule has 0 aliphatic carbocycles. The number of aromatic nitrogens is 1. The molecule has 2 heterocycles. The van der Waals surface area contributed by atoms with Crippen molar-refractivity contribution in [3.05, 3.63) is 12.3 Å². The first kappa shape index (κ1) is 10.9. The molecule has 0 saturated carbocycles. The van der Waals surface area contributed by atoms with Crippen LogP contribution in [0.2, 0.25) is 0 Å². The maximum atomic E-state index is 11.6. The number of hydrogen-bond acceptors (Lipinski definition) is 4. The number of fused-ring (bicyclic) bond motifs is 1. The minimum absolute atomic E-state index is 0.0872. The Morgan fingerprint density at radius 1 is 1.62 bits per heavy atom. The molecule has 1 aliphatic rings. The van der Waals surface area contributed by atoms with Crippen LogP contribution in [0.5, 0.6) is 0 Å². The maximum Gasteiger partial charge on any atom is 0.227 e. The Hall–Kier alpha value is -1.56. The first-order valence-corrected chi connectivity index (χ1v) is 5.80. The molecule has 1 aliphatic heterocycles. The Morgan fingerprint density at radius 3 is 3.19 bits per heavy atom. The highest BCUT2D eigenvalue weighted by Crippen LogP contribution is 2.34. The van der Waals surface area contributed by atoms with Gasteiger partial charge in [-0.15, -0.1) is 11.8 Å². The lowest BCUT2D eigenvalue weighted by Crippen LogP contribution is -2.25. The molecule has 16 heavy (non-hydrogen) atoms. The molecule has 0 unspecified atom stereocenters. The van der Waals surface area contributed by atoms with Crippen molar-refractivity contribution in [2.45, 2.75) is 11.3 Å². The van der Waals surface area contributed by atoms with Gasteiger partial charge in [0.1, 0.15) is 5.82 Å². The number of pyridine rings is 1. The molecule has 2 rings (SSSR count). The highest BCUT2D eigenvalue weighted by Gasteiger charge is 2.19. The fraction of sp³-hybridized carbons (Fsp3) is 0.300. The third kappa shape index (κ3) is 2.01. The Bertz CT molecular complexity index is 436. The largest absolute Gasteiger partial charge is 0.313 e. The zero-order valence-corrected chi connectivity index (χ0v) is 9.58. The van der Waals surface area contributed by atoms with E-state index in [0.29, 0.717) is 18.6 Å². The quantitative estimate of drug-likeness (QED) is 0.783. The van der Waals surface area contributed by atoms with E-state index >= 15 is 0 Å². The average molecular weight is 237 g/mol. The standard InChI is InChI=1S/C10H11N3O2S/c1-13-7-5-11-9(12-6-14)4-8(7)16-3-2-10(13)15/h4-6H,2-3H2,1H3,(H,11,12,14). The van der Waals surface area contributed by atoms with Crippen LogP contribution in [0.4, 0.5) is 11.5 Å². The molecule has 84 valence electrons. The van der Waals surface area contributed by atoms with Gasteiger partial charge in [-0.1, -0.05) is 0 Å². The molecule has 0 saturated heterocycles. The predicted molar refractivity (Wildman–Crippen MR) is 62.7 cm³/mol. The van der Waals surface area contributed by atoms with Crippen molar-refractivity contribution in [2.24, 2.45) is 0 Å². The number of carbonyl (C=O) groups excluding carboxylic acids is 2. The Kier molecular flexibility index (Phi) is 3.09. The molecule has 0 fully saturated rings. The summed E-state index contributed by atoms with van der Waals surface area (Å²) in [5.41, 5.74) is 0.795. The van der Waals surface area contributed by atoms with E-state index in [4.69, 9.17) is 0 Å². The smallest absolute Gasteiger partial charge is 0.227 e. The van der Waals surface area contributed by atoms with E-state index in [9.17, 15) is 9.59 Å². The number of amides is 2. The third-order valence-corrected chi connectivity index (χ3v) is 3.41. The average Bonchev–Trinajstić information content (AvgIpc) is 2.41. The van der Waals surface area contributed by atoms with Gasteiger partial charge in [0.25, 0.3) is 0 Å². The van der Waals surface area contributed by atoms with E-state index < -0.39 is 0 Å². The van der Waals surface area contributed by atoms with E-state index in [-0.39, 0.29) is 5.91 Å². The monoisotopic (exact) mass is 237 g/mol. The summed E-state index contributed by atoms with van der Waals surface area (Å²) in [7, 11) is 1.74. The molecule has 0 spiro atoms. The molecule has 1 N–H and O–H groups in total. The van der Waals surface area contributed by atoms with Crippen molar-refractivity contribution in [3.63, 3.8) is 0 Å². The minimum Gasteiger partial charge on any atom is -0.313 e. The van der Waals surface area contributed by atoms with Gasteiger partial charge < -0.3 is 10.2 Å². The van der Waals surface area contributed by atoms with Crippen molar-refractivity contribution < 1.29 is 9.59 Å². The molecule has 0 atom stereocenters. The second-order valence-electron chi connectivity index (χ2n) is 3.35. The summed E-state index contributed by atoms with van der Waals surface area (Å²) in [6, 6.07) is 1.78. The van der Waals surface area contributed by atoms with Crippen molar-refractivity contribution in [2.75, 3.05) is 23.0 Å². The van der Waals surface area contributed by atoms with Crippen LogP contribution in [0.25, 0.3) is 0 Å². The highest BCUT2D eigenvalue weighted by atomic mass is 32.2. The molecule has 1 aromatic heterocycles. The lowest BCUT2D eigenvalue weighted by Gasteiger charge is -2.16. The molecule has 0 radical (unpaired) electrons. The van der Waals surface area contributed by atoms with Gasteiger partial charge in [-0.05, 0) is 6.07 Å². The van der Waals surface area contributed by atoms with E-state index in [1.54, 1.807) is 36.0 Å². The normalized spacial score (nSPS) is 15.3. The van der Waals surface area contributed by atoms with Crippen LogP contribution < -0.4 is 10.2 Å². The van der Waals surface area contributed by atoms with Crippen LogP contribution >= 0.6 is 11.8 Å². The number of nitrogens with one attached hydrogen (secondary N) is 1. The van der Waals surface area contributed by atoms with Gasteiger partial charge in [0.2, 0.25) is 12.3 Å². The summed E-state index contributed by atoms with van der Waals surface area (Å²) in [6.07, 6.45) is 2.72. The first-order valence-electron chi connectivity index (χ1n) is 4.82. The summed E-state index contributed by atoms with van der Waals surface area (Å²) in [5, 5.41) is 2.50. The van der Waals surface area contributed by atoms with E-state index in [0.717, 1.165) is 16.3 Å².